The maximum Gasteiger partial charge on any atom is 0.270 e. The van der Waals surface area contributed by atoms with Gasteiger partial charge in [0.2, 0.25) is 11.8 Å². The fraction of sp³-hybridized carbons (Fsp3) is 0.419. The number of nitro groups is 2. The summed E-state index contributed by atoms with van der Waals surface area (Å²) < 4.78 is 0. The molecular weight excluding hydrogens is 524 g/mol. The summed E-state index contributed by atoms with van der Waals surface area (Å²) >= 11 is 0. The predicted molar refractivity (Wildman–Crippen MR) is 157 cm³/mol. The van der Waals surface area contributed by atoms with Gasteiger partial charge in [0, 0.05) is 48.5 Å². The second-order valence-corrected chi connectivity index (χ2v) is 11.1. The van der Waals surface area contributed by atoms with Crippen LogP contribution in [0.15, 0.2) is 60.7 Å². The number of benzene rings is 2. The standard InChI is InChI=1S/C31H36N4O6/c36-30(17-11-22-3-1-5-28(20-22)34(38)39)32-26-13-7-24(8-14-26)19-25-9-15-27(16-10-25)33-31(37)18-12-23-4-2-6-29(21-23)35(40)41/h1-6,11-12,17-18,20-21,24-27H,7-10,13-16,19H2,(H,32,36)(H,33,37). The van der Waals surface area contributed by atoms with Crippen LogP contribution in [0, 0.1) is 32.1 Å². The highest BCUT2D eigenvalue weighted by atomic mass is 16.6. The molecule has 0 unspecified atom stereocenters. The Balaban J connectivity index is 1.12. The molecule has 2 aromatic rings. The van der Waals surface area contributed by atoms with E-state index in [0.717, 1.165) is 51.4 Å². The van der Waals surface area contributed by atoms with Crippen LogP contribution >= 0.6 is 0 Å². The molecular formula is C31H36N4O6. The number of rotatable bonds is 10. The zero-order valence-corrected chi connectivity index (χ0v) is 22.9. The highest BCUT2D eigenvalue weighted by Crippen LogP contribution is 2.35. The number of hydrogen-bond donors (Lipinski definition) is 2. The lowest BCUT2D eigenvalue weighted by atomic mass is 9.75. The number of carbonyl (C=O) groups is 2. The van der Waals surface area contributed by atoms with E-state index in [4.69, 9.17) is 0 Å². The normalized spacial score (nSPS) is 22.8. The molecule has 2 aliphatic carbocycles. The van der Waals surface area contributed by atoms with Crippen molar-refractivity contribution >= 4 is 35.3 Å². The van der Waals surface area contributed by atoms with Gasteiger partial charge in [0.05, 0.1) is 9.85 Å². The van der Waals surface area contributed by atoms with Gasteiger partial charge in [0.25, 0.3) is 11.4 Å². The van der Waals surface area contributed by atoms with Crippen molar-refractivity contribution in [3.05, 3.63) is 92.0 Å². The van der Waals surface area contributed by atoms with Gasteiger partial charge in [-0.2, -0.15) is 0 Å². The van der Waals surface area contributed by atoms with Crippen molar-refractivity contribution in [2.45, 2.75) is 69.9 Å². The molecule has 0 spiro atoms. The number of nitro benzene ring substituents is 2. The first-order valence-electron chi connectivity index (χ1n) is 14.2. The van der Waals surface area contributed by atoms with Gasteiger partial charge in [-0.15, -0.1) is 0 Å². The van der Waals surface area contributed by atoms with Crippen molar-refractivity contribution in [2.24, 2.45) is 11.8 Å². The van der Waals surface area contributed by atoms with E-state index in [2.05, 4.69) is 10.6 Å². The van der Waals surface area contributed by atoms with Crippen LogP contribution in [0.25, 0.3) is 12.2 Å². The van der Waals surface area contributed by atoms with Crippen molar-refractivity contribution in [1.29, 1.82) is 0 Å². The van der Waals surface area contributed by atoms with Crippen LogP contribution in [-0.4, -0.2) is 33.7 Å². The van der Waals surface area contributed by atoms with Crippen molar-refractivity contribution in [3.8, 4) is 0 Å². The van der Waals surface area contributed by atoms with E-state index >= 15 is 0 Å². The minimum absolute atomic E-state index is 0.00303. The van der Waals surface area contributed by atoms with Gasteiger partial charge < -0.3 is 10.6 Å². The monoisotopic (exact) mass is 560 g/mol. The van der Waals surface area contributed by atoms with E-state index in [9.17, 15) is 29.8 Å². The molecule has 4 rings (SSSR count). The Hall–Kier alpha value is -4.34. The molecule has 2 aliphatic rings. The van der Waals surface area contributed by atoms with E-state index in [1.54, 1.807) is 36.4 Å². The number of carbonyl (C=O) groups excluding carboxylic acids is 2. The lowest BCUT2D eigenvalue weighted by Crippen LogP contribution is -2.38. The van der Waals surface area contributed by atoms with Gasteiger partial charge in [-0.3, -0.25) is 29.8 Å². The summed E-state index contributed by atoms with van der Waals surface area (Å²) in [4.78, 5) is 45.7. The molecule has 0 saturated heterocycles. The molecule has 216 valence electrons. The summed E-state index contributed by atoms with van der Waals surface area (Å²) in [7, 11) is 0. The summed E-state index contributed by atoms with van der Waals surface area (Å²) in [6.45, 7) is 0. The zero-order chi connectivity index (χ0) is 29.2. The highest BCUT2D eigenvalue weighted by molar-refractivity contribution is 5.92. The van der Waals surface area contributed by atoms with E-state index in [-0.39, 0.29) is 35.3 Å². The maximum absolute atomic E-state index is 12.4. The van der Waals surface area contributed by atoms with Gasteiger partial charge in [-0.1, -0.05) is 24.3 Å². The first kappa shape index (κ1) is 29.6. The Kier molecular flexibility index (Phi) is 10.4. The van der Waals surface area contributed by atoms with E-state index < -0.39 is 9.85 Å². The molecule has 2 saturated carbocycles. The van der Waals surface area contributed by atoms with Crippen molar-refractivity contribution in [1.82, 2.24) is 10.6 Å². The molecule has 0 radical (unpaired) electrons. The molecule has 0 heterocycles. The van der Waals surface area contributed by atoms with Crippen molar-refractivity contribution < 1.29 is 19.4 Å². The summed E-state index contributed by atoms with van der Waals surface area (Å²) in [5.74, 6) is 0.940. The van der Waals surface area contributed by atoms with Crippen LogP contribution in [0.3, 0.4) is 0 Å². The number of nitrogens with one attached hydrogen (secondary N) is 2. The second-order valence-electron chi connectivity index (χ2n) is 11.1. The molecule has 0 aliphatic heterocycles. The second kappa shape index (κ2) is 14.3. The van der Waals surface area contributed by atoms with Crippen LogP contribution < -0.4 is 10.6 Å². The van der Waals surface area contributed by atoms with E-state index in [0.29, 0.717) is 23.0 Å². The van der Waals surface area contributed by atoms with Crippen LogP contribution in [0.4, 0.5) is 11.4 Å². The van der Waals surface area contributed by atoms with Gasteiger partial charge in [0.15, 0.2) is 0 Å². The summed E-state index contributed by atoms with van der Waals surface area (Å²) in [5, 5.41) is 28.0. The van der Waals surface area contributed by atoms with Crippen molar-refractivity contribution in [2.75, 3.05) is 0 Å². The number of hydrogen-bond acceptors (Lipinski definition) is 6. The Labute approximate surface area is 239 Å². The zero-order valence-electron chi connectivity index (χ0n) is 22.9. The van der Waals surface area contributed by atoms with Gasteiger partial charge in [-0.05, 0) is 92.9 Å². The third-order valence-corrected chi connectivity index (χ3v) is 8.07. The minimum atomic E-state index is -0.453. The minimum Gasteiger partial charge on any atom is -0.350 e. The average Bonchev–Trinajstić information content (AvgIpc) is 2.97. The van der Waals surface area contributed by atoms with Crippen LogP contribution in [-0.2, 0) is 9.59 Å². The number of amides is 2. The van der Waals surface area contributed by atoms with Crippen LogP contribution in [0.1, 0.15) is 68.9 Å². The Morgan fingerprint density at radius 3 is 1.44 bits per heavy atom. The molecule has 0 aromatic heterocycles. The lowest BCUT2D eigenvalue weighted by molar-refractivity contribution is -0.385. The summed E-state index contributed by atoms with van der Waals surface area (Å²) in [6.07, 6.45) is 15.4. The molecule has 2 fully saturated rings. The smallest absolute Gasteiger partial charge is 0.270 e. The van der Waals surface area contributed by atoms with Gasteiger partial charge >= 0.3 is 0 Å². The van der Waals surface area contributed by atoms with Crippen molar-refractivity contribution in [3.63, 3.8) is 0 Å². The van der Waals surface area contributed by atoms with Gasteiger partial charge in [0.1, 0.15) is 0 Å². The van der Waals surface area contributed by atoms with Crippen LogP contribution in [0.2, 0.25) is 0 Å². The first-order chi connectivity index (χ1) is 19.7. The highest BCUT2D eigenvalue weighted by Gasteiger charge is 2.27. The first-order valence-corrected chi connectivity index (χ1v) is 14.2. The Bertz CT molecular complexity index is 1210. The average molecular weight is 561 g/mol. The van der Waals surface area contributed by atoms with Crippen LogP contribution in [0.5, 0.6) is 0 Å². The molecule has 10 nitrogen and oxygen atoms in total. The quantitative estimate of drug-likeness (QED) is 0.208. The Morgan fingerprint density at radius 2 is 1.07 bits per heavy atom. The summed E-state index contributed by atoms with van der Waals surface area (Å²) in [5.41, 5.74) is 1.22. The fourth-order valence-electron chi connectivity index (χ4n) is 5.88. The molecule has 2 N–H and O–H groups in total. The molecule has 0 atom stereocenters. The lowest BCUT2D eigenvalue weighted by Gasteiger charge is -2.34. The molecule has 10 heteroatoms. The third kappa shape index (κ3) is 9.37. The topological polar surface area (TPSA) is 144 Å². The molecule has 2 aromatic carbocycles. The number of non-ortho nitro benzene ring substituents is 2. The summed E-state index contributed by atoms with van der Waals surface area (Å²) in [6, 6.07) is 12.7. The molecule has 41 heavy (non-hydrogen) atoms. The molecule has 2 amide bonds. The van der Waals surface area contributed by atoms with E-state index in [1.165, 1.54) is 42.8 Å². The predicted octanol–water partition coefficient (Wildman–Crippen LogP) is 5.97. The maximum atomic E-state index is 12.4. The SMILES string of the molecule is O=C(C=Cc1cccc([N+](=O)[O-])c1)NC1CCC(CC2CCC(NC(=O)C=Cc3cccc([N+](=O)[O-])c3)CC2)CC1. The largest absolute Gasteiger partial charge is 0.350 e. The fourth-order valence-corrected chi connectivity index (χ4v) is 5.88. The number of nitrogens with zero attached hydrogens (tertiary/aromatic N) is 2. The third-order valence-electron chi connectivity index (χ3n) is 8.07. The van der Waals surface area contributed by atoms with Gasteiger partial charge in [-0.25, -0.2) is 0 Å². The molecule has 0 bridgehead atoms. The Morgan fingerprint density at radius 1 is 0.683 bits per heavy atom. The van der Waals surface area contributed by atoms with E-state index in [1.807, 2.05) is 0 Å².